The van der Waals surface area contributed by atoms with E-state index >= 15 is 0 Å². The number of hydrogen-bond acceptors (Lipinski definition) is 4. The van der Waals surface area contributed by atoms with Gasteiger partial charge in [0.1, 0.15) is 11.6 Å². The lowest BCUT2D eigenvalue weighted by Gasteiger charge is -2.15. The molecule has 0 aliphatic heterocycles. The summed E-state index contributed by atoms with van der Waals surface area (Å²) in [6.45, 7) is 0. The first-order valence-corrected chi connectivity index (χ1v) is 9.74. The second-order valence-electron chi connectivity index (χ2n) is 4.63. The number of ketones is 1. The van der Waals surface area contributed by atoms with E-state index in [0.717, 1.165) is 23.9 Å². The Kier molecular flexibility index (Phi) is 6.90. The SMILES string of the molecule is O=C(CBr)c1ccc(NS(=O)[O-])c(CSc2ccc(F)cc2F)c1. The third-order valence-electron chi connectivity index (χ3n) is 3.02. The van der Waals surface area contributed by atoms with E-state index in [0.29, 0.717) is 16.8 Å². The van der Waals surface area contributed by atoms with Crippen molar-refractivity contribution in [3.63, 3.8) is 0 Å². The minimum absolute atomic E-state index is 0.131. The van der Waals surface area contributed by atoms with E-state index in [2.05, 4.69) is 20.7 Å². The Labute approximate surface area is 152 Å². The van der Waals surface area contributed by atoms with Crippen molar-refractivity contribution in [1.82, 2.24) is 0 Å². The number of nitrogens with one attached hydrogen (secondary N) is 1. The number of hydrogen-bond donors (Lipinski definition) is 1. The van der Waals surface area contributed by atoms with E-state index < -0.39 is 22.9 Å². The summed E-state index contributed by atoms with van der Waals surface area (Å²) in [7, 11) is 0. The van der Waals surface area contributed by atoms with Gasteiger partial charge in [-0.3, -0.25) is 9.00 Å². The molecule has 1 N–H and O–H groups in total. The van der Waals surface area contributed by atoms with Crippen molar-refractivity contribution in [1.29, 1.82) is 0 Å². The van der Waals surface area contributed by atoms with Crippen LogP contribution in [0.2, 0.25) is 0 Å². The van der Waals surface area contributed by atoms with Gasteiger partial charge in [-0.1, -0.05) is 15.9 Å². The van der Waals surface area contributed by atoms with Crippen LogP contribution in [0.25, 0.3) is 0 Å². The fourth-order valence-electron chi connectivity index (χ4n) is 1.90. The molecule has 9 heteroatoms. The molecule has 0 amide bonds. The van der Waals surface area contributed by atoms with Gasteiger partial charge >= 0.3 is 0 Å². The lowest BCUT2D eigenvalue weighted by atomic mass is 10.1. The molecule has 1 unspecified atom stereocenters. The zero-order valence-electron chi connectivity index (χ0n) is 12.1. The van der Waals surface area contributed by atoms with Gasteiger partial charge in [0.25, 0.3) is 0 Å². The van der Waals surface area contributed by atoms with Crippen molar-refractivity contribution in [2.75, 3.05) is 10.1 Å². The lowest BCUT2D eigenvalue weighted by molar-refractivity contribution is 0.102. The lowest BCUT2D eigenvalue weighted by Crippen LogP contribution is -2.07. The molecule has 0 radical (unpaired) electrons. The number of anilines is 1. The van der Waals surface area contributed by atoms with Crippen molar-refractivity contribution < 1.29 is 22.3 Å². The highest BCUT2D eigenvalue weighted by atomic mass is 79.9. The zero-order chi connectivity index (χ0) is 17.7. The van der Waals surface area contributed by atoms with Gasteiger partial charge in [-0.15, -0.1) is 11.8 Å². The van der Waals surface area contributed by atoms with Crippen LogP contribution in [0.5, 0.6) is 0 Å². The van der Waals surface area contributed by atoms with Crippen LogP contribution >= 0.6 is 27.7 Å². The molecule has 0 aliphatic rings. The van der Waals surface area contributed by atoms with Gasteiger partial charge in [-0.05, 0) is 35.9 Å². The van der Waals surface area contributed by atoms with Crippen LogP contribution < -0.4 is 4.72 Å². The minimum Gasteiger partial charge on any atom is -0.755 e. The van der Waals surface area contributed by atoms with Gasteiger partial charge in [0.15, 0.2) is 5.78 Å². The van der Waals surface area contributed by atoms with Crippen LogP contribution in [0, 0.1) is 11.6 Å². The number of Topliss-reactive ketones (excluding diaryl/α,β-unsaturated/α-hetero) is 1. The number of alkyl halides is 1. The average Bonchev–Trinajstić information content (AvgIpc) is 2.54. The molecule has 0 saturated heterocycles. The van der Waals surface area contributed by atoms with Gasteiger partial charge in [0.05, 0.1) is 5.33 Å². The summed E-state index contributed by atoms with van der Waals surface area (Å²) in [5.74, 6) is -1.34. The van der Waals surface area contributed by atoms with E-state index in [1.165, 1.54) is 18.2 Å². The maximum atomic E-state index is 13.7. The first kappa shape index (κ1) is 19.0. The Hall–Kier alpha value is -1.29. The Bertz CT molecular complexity index is 789. The van der Waals surface area contributed by atoms with Crippen LogP contribution in [-0.4, -0.2) is 19.9 Å². The molecule has 0 saturated carbocycles. The quantitative estimate of drug-likeness (QED) is 0.309. The molecule has 0 aromatic heterocycles. The number of carbonyl (C=O) groups is 1. The predicted molar refractivity (Wildman–Crippen MR) is 93.0 cm³/mol. The average molecular weight is 435 g/mol. The standard InChI is InChI=1S/C15H12BrF2NO3S2/c16-7-14(20)9-1-3-13(19-24(21)22)10(5-9)8-23-15-4-2-11(17)6-12(15)18/h1-6,19H,7-8H2,(H,21,22)/p-1. The fourth-order valence-corrected chi connectivity index (χ4v) is 3.51. The normalized spacial score (nSPS) is 12.0. The largest absolute Gasteiger partial charge is 0.755 e. The number of thioether (sulfide) groups is 1. The molecule has 0 spiro atoms. The zero-order valence-corrected chi connectivity index (χ0v) is 15.3. The van der Waals surface area contributed by atoms with Crippen LogP contribution in [0.3, 0.4) is 0 Å². The van der Waals surface area contributed by atoms with Crippen molar-refractivity contribution in [2.24, 2.45) is 0 Å². The molecule has 2 aromatic carbocycles. The van der Waals surface area contributed by atoms with Gasteiger partial charge in [0.2, 0.25) is 0 Å². The third-order valence-corrected chi connectivity index (χ3v) is 5.01. The number of rotatable bonds is 7. The first-order chi connectivity index (χ1) is 11.4. The van der Waals surface area contributed by atoms with Crippen LogP contribution in [0.4, 0.5) is 14.5 Å². The summed E-state index contributed by atoms with van der Waals surface area (Å²) in [5, 5.41) is 0.131. The molecule has 4 nitrogen and oxygen atoms in total. The molecule has 24 heavy (non-hydrogen) atoms. The minimum atomic E-state index is -2.53. The second-order valence-corrected chi connectivity index (χ2v) is 6.88. The van der Waals surface area contributed by atoms with Crippen LogP contribution in [0.15, 0.2) is 41.3 Å². The maximum Gasteiger partial charge on any atom is 0.173 e. The Morgan fingerprint density at radius 1 is 1.25 bits per heavy atom. The number of halogens is 3. The maximum absolute atomic E-state index is 13.7. The number of benzene rings is 2. The van der Waals surface area contributed by atoms with Gasteiger partial charge < -0.3 is 9.27 Å². The van der Waals surface area contributed by atoms with Crippen molar-refractivity contribution >= 4 is 50.4 Å². The Morgan fingerprint density at radius 3 is 2.62 bits per heavy atom. The summed E-state index contributed by atoms with van der Waals surface area (Å²) in [6, 6.07) is 7.75. The molecule has 0 bridgehead atoms. The van der Waals surface area contributed by atoms with Crippen molar-refractivity contribution in [3.05, 3.63) is 59.2 Å². The number of carbonyl (C=O) groups excluding carboxylic acids is 1. The molecule has 128 valence electrons. The van der Waals surface area contributed by atoms with E-state index in [1.807, 2.05) is 0 Å². The van der Waals surface area contributed by atoms with E-state index in [-0.39, 0.29) is 21.8 Å². The second kappa shape index (κ2) is 8.70. The summed E-state index contributed by atoms with van der Waals surface area (Å²) >= 11 is 1.62. The third kappa shape index (κ3) is 5.10. The highest BCUT2D eigenvalue weighted by molar-refractivity contribution is 9.09. The summed E-state index contributed by atoms with van der Waals surface area (Å²) in [6.07, 6.45) is 0. The highest BCUT2D eigenvalue weighted by Gasteiger charge is 2.11. The molecule has 2 rings (SSSR count). The molecule has 0 heterocycles. The Morgan fingerprint density at radius 2 is 2.00 bits per heavy atom. The van der Waals surface area contributed by atoms with E-state index in [1.54, 1.807) is 6.07 Å². The first-order valence-electron chi connectivity index (χ1n) is 6.56. The van der Waals surface area contributed by atoms with Crippen molar-refractivity contribution in [2.45, 2.75) is 10.6 Å². The van der Waals surface area contributed by atoms with E-state index in [4.69, 9.17) is 0 Å². The monoisotopic (exact) mass is 434 g/mol. The van der Waals surface area contributed by atoms with Gasteiger partial charge in [0, 0.05) is 39.2 Å². The summed E-state index contributed by atoms with van der Waals surface area (Å²) in [5.41, 5.74) is 1.22. The summed E-state index contributed by atoms with van der Waals surface area (Å²) < 4.78 is 50.6. The fraction of sp³-hybridized carbons (Fsp3) is 0.133. The molecule has 1 atom stereocenters. The molecule has 0 aliphatic carbocycles. The summed E-state index contributed by atoms with van der Waals surface area (Å²) in [4.78, 5) is 12.0. The van der Waals surface area contributed by atoms with Gasteiger partial charge in [-0.2, -0.15) is 0 Å². The van der Waals surface area contributed by atoms with Crippen molar-refractivity contribution in [3.8, 4) is 0 Å². The van der Waals surface area contributed by atoms with E-state index in [9.17, 15) is 22.3 Å². The molecule has 0 fully saturated rings. The van der Waals surface area contributed by atoms with Gasteiger partial charge in [-0.25, -0.2) is 8.78 Å². The molecular formula is C15H11BrF2NO3S2-. The predicted octanol–water partition coefficient (Wildman–Crippen LogP) is 4.04. The highest BCUT2D eigenvalue weighted by Crippen LogP contribution is 2.30. The van der Waals surface area contributed by atoms with Crippen LogP contribution in [0.1, 0.15) is 15.9 Å². The Balaban J connectivity index is 2.27. The molecular weight excluding hydrogens is 424 g/mol. The smallest absolute Gasteiger partial charge is 0.173 e. The topological polar surface area (TPSA) is 69.2 Å². The van der Waals surface area contributed by atoms with Crippen LogP contribution in [-0.2, 0) is 17.0 Å². The molecule has 2 aromatic rings.